The number of aliphatic hydroxyl groups is 1. The lowest BCUT2D eigenvalue weighted by molar-refractivity contribution is -0.136. The predicted molar refractivity (Wildman–Crippen MR) is 66.2 cm³/mol. The van der Waals surface area contributed by atoms with Crippen LogP contribution in [0.5, 0.6) is 0 Å². The number of nitrogens with zero attached hydrogens (tertiary/aromatic N) is 2. The highest BCUT2D eigenvalue weighted by Crippen LogP contribution is 2.17. The van der Waals surface area contributed by atoms with Crippen molar-refractivity contribution in [3.63, 3.8) is 0 Å². The van der Waals surface area contributed by atoms with E-state index in [2.05, 4.69) is 5.43 Å². The molecule has 7 nitrogen and oxygen atoms in total. The first-order valence-electron chi connectivity index (χ1n) is 6.16. The number of carbonyl (C=O) groups is 2. The minimum atomic E-state index is -0.153. The summed E-state index contributed by atoms with van der Waals surface area (Å²) in [5, 5.41) is 8.76. The first-order valence-corrected chi connectivity index (χ1v) is 6.16. The van der Waals surface area contributed by atoms with Gasteiger partial charge in [0.1, 0.15) is 0 Å². The summed E-state index contributed by atoms with van der Waals surface area (Å²) in [5.41, 5.74) is 2.15. The molecule has 0 aromatic heterocycles. The van der Waals surface area contributed by atoms with E-state index in [1.165, 1.54) is 0 Å². The van der Waals surface area contributed by atoms with E-state index >= 15 is 0 Å². The van der Waals surface area contributed by atoms with Crippen LogP contribution in [0.15, 0.2) is 0 Å². The number of carbonyl (C=O) groups excluding carboxylic acids is 2. The van der Waals surface area contributed by atoms with Crippen molar-refractivity contribution in [3.8, 4) is 0 Å². The third kappa shape index (κ3) is 4.25. The van der Waals surface area contributed by atoms with E-state index in [4.69, 9.17) is 10.9 Å². The lowest BCUT2D eigenvalue weighted by atomic mass is 9.96. The van der Waals surface area contributed by atoms with Crippen LogP contribution in [-0.2, 0) is 9.59 Å². The molecule has 4 N–H and O–H groups in total. The predicted octanol–water partition coefficient (Wildman–Crippen LogP) is -1.86. The smallest absolute Gasteiger partial charge is 0.237 e. The molecule has 1 saturated heterocycles. The van der Waals surface area contributed by atoms with Gasteiger partial charge in [0.15, 0.2) is 0 Å². The zero-order valence-corrected chi connectivity index (χ0v) is 10.8. The highest BCUT2D eigenvalue weighted by Gasteiger charge is 2.26. The van der Waals surface area contributed by atoms with Gasteiger partial charge in [-0.05, 0) is 19.9 Å². The van der Waals surface area contributed by atoms with Crippen LogP contribution >= 0.6 is 0 Å². The van der Waals surface area contributed by atoms with Gasteiger partial charge in [0.05, 0.1) is 13.2 Å². The normalized spacial score (nSPS) is 17.0. The highest BCUT2D eigenvalue weighted by atomic mass is 16.3. The molecule has 7 heteroatoms. The van der Waals surface area contributed by atoms with Crippen LogP contribution in [0.25, 0.3) is 0 Å². The van der Waals surface area contributed by atoms with E-state index in [1.54, 1.807) is 16.8 Å². The first-order chi connectivity index (χ1) is 8.58. The number of hydrogen-bond donors (Lipinski definition) is 3. The molecule has 0 unspecified atom stereocenters. The van der Waals surface area contributed by atoms with Crippen LogP contribution in [0.3, 0.4) is 0 Å². The second kappa shape index (κ2) is 7.30. The van der Waals surface area contributed by atoms with Gasteiger partial charge in [-0.25, -0.2) is 5.84 Å². The van der Waals surface area contributed by atoms with Crippen molar-refractivity contribution < 1.29 is 14.7 Å². The Morgan fingerprint density at radius 2 is 2.06 bits per heavy atom. The monoisotopic (exact) mass is 258 g/mol. The second-order valence-electron chi connectivity index (χ2n) is 4.63. The summed E-state index contributed by atoms with van der Waals surface area (Å²) < 4.78 is 0. The number of amides is 2. The number of likely N-dealkylation sites (tertiary alicyclic amines) is 1. The number of hydrazine groups is 1. The number of likely N-dealkylation sites (N-methyl/N-ethyl adjacent to an activating group) is 1. The van der Waals surface area contributed by atoms with Crippen molar-refractivity contribution in [3.05, 3.63) is 0 Å². The van der Waals surface area contributed by atoms with Crippen molar-refractivity contribution in [2.75, 3.05) is 39.8 Å². The minimum Gasteiger partial charge on any atom is -0.395 e. The quantitative estimate of drug-likeness (QED) is 0.305. The van der Waals surface area contributed by atoms with Crippen LogP contribution in [0, 0.1) is 5.92 Å². The number of hydrogen-bond acceptors (Lipinski definition) is 5. The van der Waals surface area contributed by atoms with E-state index in [9.17, 15) is 9.59 Å². The third-order valence-electron chi connectivity index (χ3n) is 3.25. The van der Waals surface area contributed by atoms with Gasteiger partial charge in [0, 0.05) is 25.6 Å². The average Bonchev–Trinajstić information content (AvgIpc) is 2.38. The average molecular weight is 258 g/mol. The number of aliphatic hydroxyl groups excluding tert-OH is 1. The molecule has 2 amide bonds. The van der Waals surface area contributed by atoms with Crippen molar-refractivity contribution in [2.45, 2.75) is 12.8 Å². The van der Waals surface area contributed by atoms with Gasteiger partial charge in [-0.1, -0.05) is 0 Å². The van der Waals surface area contributed by atoms with E-state index in [-0.39, 0.29) is 24.3 Å². The Morgan fingerprint density at radius 3 is 2.56 bits per heavy atom. The number of nitrogens with two attached hydrogens (primary N) is 1. The molecule has 0 radical (unpaired) electrons. The van der Waals surface area contributed by atoms with Crippen LogP contribution in [0.2, 0.25) is 0 Å². The van der Waals surface area contributed by atoms with Gasteiger partial charge >= 0.3 is 0 Å². The molecule has 1 rings (SSSR count). The van der Waals surface area contributed by atoms with Crippen LogP contribution in [0.1, 0.15) is 12.8 Å². The molecule has 0 aromatic rings. The Balaban J connectivity index is 2.33. The lowest BCUT2D eigenvalue weighted by Gasteiger charge is -2.32. The molecule has 0 bridgehead atoms. The van der Waals surface area contributed by atoms with E-state index in [1.807, 2.05) is 0 Å². The first kappa shape index (κ1) is 14.9. The molecule has 1 aliphatic heterocycles. The maximum Gasteiger partial charge on any atom is 0.237 e. The zero-order chi connectivity index (χ0) is 13.5. The Kier molecular flexibility index (Phi) is 6.03. The number of piperidine rings is 1. The summed E-state index contributed by atoms with van der Waals surface area (Å²) >= 11 is 0. The van der Waals surface area contributed by atoms with Crippen molar-refractivity contribution in [2.24, 2.45) is 11.8 Å². The summed E-state index contributed by atoms with van der Waals surface area (Å²) in [5.74, 6) is 4.88. The Hall–Kier alpha value is -1.18. The zero-order valence-electron chi connectivity index (χ0n) is 10.8. The largest absolute Gasteiger partial charge is 0.395 e. The number of rotatable bonds is 5. The van der Waals surface area contributed by atoms with Gasteiger partial charge in [0.25, 0.3) is 0 Å². The summed E-state index contributed by atoms with van der Waals surface area (Å²) in [7, 11) is 1.79. The molecule has 0 atom stereocenters. The summed E-state index contributed by atoms with van der Waals surface area (Å²) in [6, 6.07) is 0. The third-order valence-corrected chi connectivity index (χ3v) is 3.25. The van der Waals surface area contributed by atoms with Gasteiger partial charge in [0.2, 0.25) is 11.8 Å². The molecule has 104 valence electrons. The van der Waals surface area contributed by atoms with E-state index in [0.29, 0.717) is 39.0 Å². The Morgan fingerprint density at radius 1 is 1.44 bits per heavy atom. The van der Waals surface area contributed by atoms with Crippen molar-refractivity contribution >= 4 is 11.8 Å². The molecular weight excluding hydrogens is 236 g/mol. The molecule has 1 aliphatic rings. The molecule has 1 heterocycles. The fraction of sp³-hybridized carbons (Fsp3) is 0.818. The van der Waals surface area contributed by atoms with Gasteiger partial charge in [-0.2, -0.15) is 0 Å². The summed E-state index contributed by atoms with van der Waals surface area (Å²) in [4.78, 5) is 26.8. The number of nitrogens with one attached hydrogen (secondary N) is 1. The Labute approximate surface area is 107 Å². The summed E-state index contributed by atoms with van der Waals surface area (Å²) in [6.07, 6.45) is 1.30. The maximum atomic E-state index is 11.9. The molecule has 0 aliphatic carbocycles. The maximum absolute atomic E-state index is 11.9. The van der Waals surface area contributed by atoms with Crippen LogP contribution < -0.4 is 11.3 Å². The highest BCUT2D eigenvalue weighted by molar-refractivity contribution is 5.80. The second-order valence-corrected chi connectivity index (χ2v) is 4.63. The Bertz CT molecular complexity index is 290. The molecule has 1 fully saturated rings. The van der Waals surface area contributed by atoms with Crippen molar-refractivity contribution in [1.82, 2.24) is 15.2 Å². The molecule has 0 spiro atoms. The van der Waals surface area contributed by atoms with Gasteiger partial charge in [-0.15, -0.1) is 0 Å². The molecule has 18 heavy (non-hydrogen) atoms. The SMILES string of the molecule is CN(CCO)CC(=O)N1CCC(C(=O)NN)CC1. The van der Waals surface area contributed by atoms with Crippen LogP contribution in [-0.4, -0.2) is 66.6 Å². The molecule has 0 aromatic carbocycles. The van der Waals surface area contributed by atoms with Gasteiger partial charge < -0.3 is 10.0 Å². The molecular formula is C11H22N4O3. The standard InChI is InChI=1S/C11H22N4O3/c1-14(6-7-16)8-10(17)15-4-2-9(3-5-15)11(18)13-12/h9,16H,2-8,12H2,1H3,(H,13,18). The minimum absolute atomic E-state index is 0.0394. The van der Waals surface area contributed by atoms with Crippen molar-refractivity contribution in [1.29, 1.82) is 0 Å². The topological polar surface area (TPSA) is 98.9 Å². The van der Waals surface area contributed by atoms with E-state index < -0.39 is 0 Å². The summed E-state index contributed by atoms with van der Waals surface area (Å²) in [6.45, 7) is 2.00. The van der Waals surface area contributed by atoms with Crippen LogP contribution in [0.4, 0.5) is 0 Å². The van der Waals surface area contributed by atoms with E-state index in [0.717, 1.165) is 0 Å². The molecule has 0 saturated carbocycles. The fourth-order valence-corrected chi connectivity index (χ4v) is 2.09. The lowest BCUT2D eigenvalue weighted by Crippen LogP contribution is -2.47. The fourth-order valence-electron chi connectivity index (χ4n) is 2.09. The van der Waals surface area contributed by atoms with Gasteiger partial charge in [-0.3, -0.25) is 19.9 Å².